The number of anilines is 4. The molecule has 7 rings (SSSR count). The van der Waals surface area contributed by atoms with Gasteiger partial charge in [-0.3, -0.25) is 0 Å². The normalized spacial score (nSPS) is 11.0. The first-order chi connectivity index (χ1) is 20.7. The molecule has 0 aromatic heterocycles. The summed E-state index contributed by atoms with van der Waals surface area (Å²) in [7, 11) is 0. The van der Waals surface area contributed by atoms with Gasteiger partial charge >= 0.3 is 0 Å². The minimum Gasteiger partial charge on any atom is -0.399 e. The molecule has 0 radical (unpaired) electrons. The fourth-order valence-corrected chi connectivity index (χ4v) is 5.69. The van der Waals surface area contributed by atoms with E-state index in [4.69, 9.17) is 5.73 Å². The van der Waals surface area contributed by atoms with Crippen molar-refractivity contribution in [3.8, 4) is 33.4 Å². The molecular formula is C40H30N2. The van der Waals surface area contributed by atoms with E-state index in [1.54, 1.807) is 0 Å². The van der Waals surface area contributed by atoms with Gasteiger partial charge in [-0.15, -0.1) is 0 Å². The van der Waals surface area contributed by atoms with E-state index < -0.39 is 0 Å². The molecule has 0 aliphatic carbocycles. The van der Waals surface area contributed by atoms with E-state index in [-0.39, 0.29) is 0 Å². The molecule has 0 saturated carbocycles. The third-order valence-electron chi connectivity index (χ3n) is 7.83. The molecule has 2 N–H and O–H groups in total. The number of nitrogen functional groups attached to an aromatic ring is 1. The lowest BCUT2D eigenvalue weighted by Gasteiger charge is -2.28. The Morgan fingerprint density at radius 3 is 1.29 bits per heavy atom. The van der Waals surface area contributed by atoms with Crippen molar-refractivity contribution in [3.05, 3.63) is 170 Å². The Morgan fingerprint density at radius 2 is 0.762 bits per heavy atom. The minimum atomic E-state index is 0.767. The van der Waals surface area contributed by atoms with Crippen molar-refractivity contribution >= 4 is 33.5 Å². The van der Waals surface area contributed by atoms with Gasteiger partial charge in [-0.2, -0.15) is 0 Å². The van der Waals surface area contributed by atoms with Gasteiger partial charge in [-0.25, -0.2) is 0 Å². The molecule has 0 bridgehead atoms. The van der Waals surface area contributed by atoms with Gasteiger partial charge in [-0.05, 0) is 81.2 Å². The fourth-order valence-electron chi connectivity index (χ4n) is 5.69. The molecule has 42 heavy (non-hydrogen) atoms. The SMILES string of the molecule is Nc1ccc(-c2ccc(N(c3ccc(-c4ccccc4)cc3)c3ccc(-c4ccccc4)cc3)c3ccccc23)cc1. The highest BCUT2D eigenvalue weighted by Gasteiger charge is 2.17. The van der Waals surface area contributed by atoms with Crippen LogP contribution in [0.5, 0.6) is 0 Å². The Labute approximate surface area is 246 Å². The summed E-state index contributed by atoms with van der Waals surface area (Å²) in [4.78, 5) is 2.36. The average Bonchev–Trinajstić information content (AvgIpc) is 3.07. The van der Waals surface area contributed by atoms with Crippen molar-refractivity contribution in [1.29, 1.82) is 0 Å². The van der Waals surface area contributed by atoms with Crippen LogP contribution in [0, 0.1) is 0 Å². The lowest BCUT2D eigenvalue weighted by Crippen LogP contribution is -2.10. The van der Waals surface area contributed by atoms with E-state index in [9.17, 15) is 0 Å². The molecule has 2 heteroatoms. The second kappa shape index (κ2) is 11.1. The van der Waals surface area contributed by atoms with Crippen LogP contribution in [-0.2, 0) is 0 Å². The molecule has 0 unspecified atom stereocenters. The zero-order chi connectivity index (χ0) is 28.3. The first-order valence-corrected chi connectivity index (χ1v) is 14.2. The topological polar surface area (TPSA) is 29.3 Å². The van der Waals surface area contributed by atoms with Gasteiger partial charge in [-0.1, -0.05) is 127 Å². The van der Waals surface area contributed by atoms with E-state index in [2.05, 4.69) is 163 Å². The molecule has 0 aliphatic heterocycles. The summed E-state index contributed by atoms with van der Waals surface area (Å²) in [6.45, 7) is 0. The molecule has 0 fully saturated rings. The van der Waals surface area contributed by atoms with E-state index in [1.165, 1.54) is 38.6 Å². The van der Waals surface area contributed by atoms with Crippen molar-refractivity contribution in [1.82, 2.24) is 0 Å². The Bertz CT molecular complexity index is 1860. The average molecular weight is 539 g/mol. The van der Waals surface area contributed by atoms with Crippen LogP contribution in [0.4, 0.5) is 22.7 Å². The first kappa shape index (κ1) is 25.4. The standard InChI is InChI=1S/C40H30N2/c41-34-21-15-33(16-22-34)37-27-28-40(39-14-8-7-13-38(37)39)42(35-23-17-31(18-24-35)29-9-3-1-4-10-29)36-25-19-32(20-26-36)30-11-5-2-6-12-30/h1-28H,41H2. The molecule has 0 atom stereocenters. The Morgan fingerprint density at radius 1 is 0.333 bits per heavy atom. The summed E-state index contributed by atoms with van der Waals surface area (Å²) in [6, 6.07) is 60.0. The summed E-state index contributed by atoms with van der Waals surface area (Å²) in [5, 5.41) is 2.39. The van der Waals surface area contributed by atoms with Gasteiger partial charge < -0.3 is 10.6 Å². The smallest absolute Gasteiger partial charge is 0.0540 e. The molecule has 7 aromatic carbocycles. The Kier molecular flexibility index (Phi) is 6.71. The largest absolute Gasteiger partial charge is 0.399 e. The molecule has 0 amide bonds. The minimum absolute atomic E-state index is 0.767. The fraction of sp³-hybridized carbons (Fsp3) is 0. The predicted molar refractivity (Wildman–Crippen MR) is 179 cm³/mol. The lowest BCUT2D eigenvalue weighted by molar-refractivity contribution is 1.30. The van der Waals surface area contributed by atoms with Crippen LogP contribution in [0.2, 0.25) is 0 Å². The van der Waals surface area contributed by atoms with Crippen LogP contribution >= 0.6 is 0 Å². The maximum absolute atomic E-state index is 6.00. The molecule has 0 saturated heterocycles. The number of fused-ring (bicyclic) bond motifs is 1. The number of nitrogens with zero attached hydrogens (tertiary/aromatic N) is 1. The van der Waals surface area contributed by atoms with Gasteiger partial charge in [0.05, 0.1) is 5.69 Å². The van der Waals surface area contributed by atoms with E-state index in [0.717, 1.165) is 28.3 Å². The van der Waals surface area contributed by atoms with Crippen LogP contribution in [0.15, 0.2) is 170 Å². The van der Waals surface area contributed by atoms with Gasteiger partial charge in [0.15, 0.2) is 0 Å². The second-order valence-electron chi connectivity index (χ2n) is 10.5. The predicted octanol–water partition coefficient (Wildman–Crippen LogP) is 10.9. The lowest BCUT2D eigenvalue weighted by atomic mass is 9.96. The molecule has 7 aromatic rings. The van der Waals surface area contributed by atoms with Gasteiger partial charge in [0.25, 0.3) is 0 Å². The van der Waals surface area contributed by atoms with Crippen LogP contribution < -0.4 is 10.6 Å². The summed E-state index contributed by atoms with van der Waals surface area (Å²) >= 11 is 0. The molecule has 2 nitrogen and oxygen atoms in total. The van der Waals surface area contributed by atoms with E-state index >= 15 is 0 Å². The zero-order valence-corrected chi connectivity index (χ0v) is 23.2. The van der Waals surface area contributed by atoms with Crippen molar-refractivity contribution in [2.24, 2.45) is 0 Å². The first-order valence-electron chi connectivity index (χ1n) is 14.2. The van der Waals surface area contributed by atoms with E-state index in [0.29, 0.717) is 0 Å². The summed E-state index contributed by atoms with van der Waals surface area (Å²) < 4.78 is 0. The van der Waals surface area contributed by atoms with Crippen molar-refractivity contribution in [3.63, 3.8) is 0 Å². The molecule has 0 heterocycles. The monoisotopic (exact) mass is 538 g/mol. The van der Waals surface area contributed by atoms with Crippen LogP contribution in [-0.4, -0.2) is 0 Å². The van der Waals surface area contributed by atoms with E-state index in [1.807, 2.05) is 12.1 Å². The number of hydrogen-bond donors (Lipinski definition) is 1. The molecule has 0 aliphatic rings. The number of benzene rings is 7. The highest BCUT2D eigenvalue weighted by Crippen LogP contribution is 2.42. The van der Waals surface area contributed by atoms with Crippen molar-refractivity contribution in [2.45, 2.75) is 0 Å². The highest BCUT2D eigenvalue weighted by molar-refractivity contribution is 6.06. The van der Waals surface area contributed by atoms with Gasteiger partial charge in [0.2, 0.25) is 0 Å². The number of hydrogen-bond acceptors (Lipinski definition) is 2. The summed E-state index contributed by atoms with van der Waals surface area (Å²) in [5.41, 5.74) is 17.3. The molecule has 0 spiro atoms. The highest BCUT2D eigenvalue weighted by atomic mass is 15.1. The number of nitrogens with two attached hydrogens (primary N) is 1. The molecule has 200 valence electrons. The zero-order valence-electron chi connectivity index (χ0n) is 23.2. The van der Waals surface area contributed by atoms with Gasteiger partial charge in [0.1, 0.15) is 0 Å². The Balaban J connectivity index is 1.38. The maximum Gasteiger partial charge on any atom is 0.0540 e. The van der Waals surface area contributed by atoms with Crippen LogP contribution in [0.1, 0.15) is 0 Å². The number of rotatable bonds is 6. The van der Waals surface area contributed by atoms with Gasteiger partial charge in [0, 0.05) is 22.4 Å². The Hall–Kier alpha value is -5.60. The quantitative estimate of drug-likeness (QED) is 0.213. The third-order valence-corrected chi connectivity index (χ3v) is 7.83. The summed E-state index contributed by atoms with van der Waals surface area (Å²) in [5.74, 6) is 0. The third kappa shape index (κ3) is 4.91. The van der Waals surface area contributed by atoms with Crippen LogP contribution in [0.25, 0.3) is 44.2 Å². The molecular weight excluding hydrogens is 508 g/mol. The van der Waals surface area contributed by atoms with Crippen molar-refractivity contribution in [2.75, 3.05) is 10.6 Å². The van der Waals surface area contributed by atoms with Crippen LogP contribution in [0.3, 0.4) is 0 Å². The second-order valence-corrected chi connectivity index (χ2v) is 10.5. The van der Waals surface area contributed by atoms with Crippen molar-refractivity contribution < 1.29 is 0 Å². The maximum atomic E-state index is 6.00. The summed E-state index contributed by atoms with van der Waals surface area (Å²) in [6.07, 6.45) is 0.